The van der Waals surface area contributed by atoms with E-state index in [1.54, 1.807) is 18.4 Å². The van der Waals surface area contributed by atoms with Gasteiger partial charge in [-0.3, -0.25) is 4.79 Å². The molecule has 1 aliphatic rings. The predicted octanol–water partition coefficient (Wildman–Crippen LogP) is 4.86. The van der Waals surface area contributed by atoms with E-state index < -0.39 is 0 Å². The number of aryl methyl sites for hydroxylation is 3. The van der Waals surface area contributed by atoms with Crippen LogP contribution < -0.4 is 4.74 Å². The largest absolute Gasteiger partial charge is 0.497 e. The molecule has 4 heteroatoms. The molecular formula is C21H27NO2S. The lowest BCUT2D eigenvalue weighted by Gasteiger charge is -2.32. The zero-order valence-electron chi connectivity index (χ0n) is 15.4. The summed E-state index contributed by atoms with van der Waals surface area (Å²) in [5.41, 5.74) is 2.27. The van der Waals surface area contributed by atoms with E-state index in [2.05, 4.69) is 19.1 Å². The zero-order valence-corrected chi connectivity index (χ0v) is 16.2. The summed E-state index contributed by atoms with van der Waals surface area (Å²) in [6.45, 7) is 5.90. The second kappa shape index (κ2) is 8.05. The second-order valence-electron chi connectivity index (χ2n) is 6.95. The molecule has 1 aromatic carbocycles. The molecule has 134 valence electrons. The highest BCUT2D eigenvalue weighted by Crippen LogP contribution is 2.27. The number of benzene rings is 1. The quantitative estimate of drug-likeness (QED) is 0.765. The van der Waals surface area contributed by atoms with Gasteiger partial charge in [0.05, 0.1) is 12.7 Å². The van der Waals surface area contributed by atoms with Gasteiger partial charge in [-0.15, -0.1) is 11.3 Å². The Kier molecular flexibility index (Phi) is 5.79. The number of carbonyl (C=O) groups excluding carboxylic acids is 1. The van der Waals surface area contributed by atoms with Gasteiger partial charge in [-0.1, -0.05) is 12.1 Å². The van der Waals surface area contributed by atoms with Gasteiger partial charge >= 0.3 is 0 Å². The molecule has 3 rings (SSSR count). The Morgan fingerprint density at radius 2 is 1.88 bits per heavy atom. The maximum absolute atomic E-state index is 12.7. The first kappa shape index (κ1) is 18.0. The van der Waals surface area contributed by atoms with E-state index in [0.29, 0.717) is 0 Å². The van der Waals surface area contributed by atoms with Crippen LogP contribution in [0.5, 0.6) is 5.75 Å². The van der Waals surface area contributed by atoms with Crippen molar-refractivity contribution in [3.8, 4) is 5.75 Å². The van der Waals surface area contributed by atoms with Gasteiger partial charge in [0.25, 0.3) is 5.91 Å². The normalized spacial score (nSPS) is 15.4. The van der Waals surface area contributed by atoms with Crippen LogP contribution in [0.4, 0.5) is 0 Å². The Labute approximate surface area is 154 Å². The minimum atomic E-state index is 0.218. The number of methoxy groups -OCH3 is 1. The summed E-state index contributed by atoms with van der Waals surface area (Å²) in [5, 5.41) is 0. The number of hydrogen-bond acceptors (Lipinski definition) is 3. The molecule has 1 saturated heterocycles. The lowest BCUT2D eigenvalue weighted by atomic mass is 9.90. The molecule has 0 atom stereocenters. The minimum Gasteiger partial charge on any atom is -0.497 e. The van der Waals surface area contributed by atoms with Gasteiger partial charge < -0.3 is 9.64 Å². The van der Waals surface area contributed by atoms with Gasteiger partial charge in [0.2, 0.25) is 0 Å². The fourth-order valence-corrected chi connectivity index (χ4v) is 4.52. The van der Waals surface area contributed by atoms with Crippen molar-refractivity contribution in [1.29, 1.82) is 0 Å². The van der Waals surface area contributed by atoms with E-state index in [1.807, 2.05) is 30.0 Å². The summed E-state index contributed by atoms with van der Waals surface area (Å²) in [4.78, 5) is 17.1. The Morgan fingerprint density at radius 1 is 1.20 bits per heavy atom. The van der Waals surface area contributed by atoms with Crippen molar-refractivity contribution in [2.45, 2.75) is 39.5 Å². The lowest BCUT2D eigenvalue weighted by Crippen LogP contribution is -2.38. The molecule has 1 amide bonds. The van der Waals surface area contributed by atoms with E-state index in [1.165, 1.54) is 16.9 Å². The van der Waals surface area contributed by atoms with Crippen LogP contribution in [-0.2, 0) is 6.42 Å². The highest BCUT2D eigenvalue weighted by molar-refractivity contribution is 7.12. The number of likely N-dealkylation sites (tertiary alicyclic amines) is 1. The summed E-state index contributed by atoms with van der Waals surface area (Å²) in [7, 11) is 1.70. The Morgan fingerprint density at radius 3 is 2.44 bits per heavy atom. The average molecular weight is 358 g/mol. The van der Waals surface area contributed by atoms with Gasteiger partial charge in [-0.25, -0.2) is 0 Å². The first-order valence-corrected chi connectivity index (χ1v) is 9.87. The highest BCUT2D eigenvalue weighted by Gasteiger charge is 2.25. The van der Waals surface area contributed by atoms with E-state index in [4.69, 9.17) is 4.74 Å². The zero-order chi connectivity index (χ0) is 17.8. The molecule has 0 bridgehead atoms. The number of rotatable bonds is 5. The van der Waals surface area contributed by atoms with Gasteiger partial charge in [0, 0.05) is 22.8 Å². The van der Waals surface area contributed by atoms with Crippen molar-refractivity contribution in [1.82, 2.24) is 4.90 Å². The van der Waals surface area contributed by atoms with Crippen LogP contribution >= 0.6 is 11.3 Å². The molecule has 1 aromatic heterocycles. The fraction of sp³-hybridized carbons (Fsp3) is 0.476. The van der Waals surface area contributed by atoms with Crippen LogP contribution in [0.1, 0.15) is 44.9 Å². The van der Waals surface area contributed by atoms with Crippen molar-refractivity contribution < 1.29 is 9.53 Å². The molecule has 0 radical (unpaired) electrons. The Balaban J connectivity index is 1.48. The van der Waals surface area contributed by atoms with Crippen LogP contribution in [-0.4, -0.2) is 31.0 Å². The van der Waals surface area contributed by atoms with Crippen LogP contribution in [0, 0.1) is 19.8 Å². The van der Waals surface area contributed by atoms with E-state index in [-0.39, 0.29) is 5.91 Å². The number of thiophene rings is 1. The second-order valence-corrected chi connectivity index (χ2v) is 8.41. The van der Waals surface area contributed by atoms with Crippen LogP contribution in [0.25, 0.3) is 0 Å². The number of carbonyl (C=O) groups is 1. The van der Waals surface area contributed by atoms with Gasteiger partial charge in [-0.2, -0.15) is 0 Å². The van der Waals surface area contributed by atoms with Crippen molar-refractivity contribution in [3.63, 3.8) is 0 Å². The first-order chi connectivity index (χ1) is 12.1. The number of ether oxygens (including phenoxy) is 1. The fourth-order valence-electron chi connectivity index (χ4n) is 3.60. The van der Waals surface area contributed by atoms with E-state index >= 15 is 0 Å². The van der Waals surface area contributed by atoms with Crippen LogP contribution in [0.2, 0.25) is 0 Å². The molecule has 0 N–H and O–H groups in total. The highest BCUT2D eigenvalue weighted by atomic mass is 32.1. The molecule has 1 fully saturated rings. The van der Waals surface area contributed by atoms with Crippen molar-refractivity contribution in [2.75, 3.05) is 20.2 Å². The number of piperidine rings is 1. The number of amides is 1. The third kappa shape index (κ3) is 4.43. The van der Waals surface area contributed by atoms with E-state index in [0.717, 1.165) is 54.5 Å². The van der Waals surface area contributed by atoms with Crippen molar-refractivity contribution >= 4 is 17.2 Å². The molecule has 25 heavy (non-hydrogen) atoms. The monoisotopic (exact) mass is 357 g/mol. The van der Waals surface area contributed by atoms with Crippen molar-refractivity contribution in [2.24, 2.45) is 5.92 Å². The van der Waals surface area contributed by atoms with E-state index in [9.17, 15) is 4.79 Å². The SMILES string of the molecule is COc1ccc(CCC2CCN(C(=O)c3cc(C)sc3C)CC2)cc1. The maximum atomic E-state index is 12.7. The molecule has 2 aromatic rings. The van der Waals surface area contributed by atoms with Crippen molar-refractivity contribution in [3.05, 3.63) is 51.2 Å². The Bertz CT molecular complexity index is 712. The molecule has 0 unspecified atom stereocenters. The lowest BCUT2D eigenvalue weighted by molar-refractivity contribution is 0.0687. The number of hydrogen-bond donors (Lipinski definition) is 0. The van der Waals surface area contributed by atoms with Gasteiger partial charge in [0.15, 0.2) is 0 Å². The third-order valence-corrected chi connectivity index (χ3v) is 6.14. The molecule has 1 aliphatic heterocycles. The standard InChI is InChI=1S/C21H27NO2S/c1-15-14-20(16(2)25-15)21(23)22-12-10-18(11-13-22)5-4-17-6-8-19(24-3)9-7-17/h6-9,14,18H,4-5,10-13H2,1-3H3. The van der Waals surface area contributed by atoms with Crippen LogP contribution in [0.15, 0.2) is 30.3 Å². The van der Waals surface area contributed by atoms with Crippen LogP contribution in [0.3, 0.4) is 0 Å². The van der Waals surface area contributed by atoms with Gasteiger partial charge in [-0.05, 0) is 69.2 Å². The molecule has 0 spiro atoms. The smallest absolute Gasteiger partial charge is 0.254 e. The number of nitrogens with zero attached hydrogens (tertiary/aromatic N) is 1. The summed E-state index contributed by atoms with van der Waals surface area (Å²) in [6.07, 6.45) is 4.53. The minimum absolute atomic E-state index is 0.218. The summed E-state index contributed by atoms with van der Waals surface area (Å²) < 4.78 is 5.21. The summed E-state index contributed by atoms with van der Waals surface area (Å²) >= 11 is 1.71. The summed E-state index contributed by atoms with van der Waals surface area (Å²) in [5.74, 6) is 1.85. The summed E-state index contributed by atoms with van der Waals surface area (Å²) in [6, 6.07) is 10.4. The average Bonchev–Trinajstić information content (AvgIpc) is 2.98. The maximum Gasteiger partial charge on any atom is 0.254 e. The first-order valence-electron chi connectivity index (χ1n) is 9.06. The molecular weight excluding hydrogens is 330 g/mol. The van der Waals surface area contributed by atoms with Gasteiger partial charge in [0.1, 0.15) is 5.75 Å². The molecule has 0 aliphatic carbocycles. The Hall–Kier alpha value is -1.81. The molecule has 3 nitrogen and oxygen atoms in total. The predicted molar refractivity (Wildman–Crippen MR) is 104 cm³/mol. The third-order valence-electron chi connectivity index (χ3n) is 5.17. The molecule has 2 heterocycles. The molecule has 0 saturated carbocycles. The topological polar surface area (TPSA) is 29.5 Å².